The van der Waals surface area contributed by atoms with E-state index in [-0.39, 0.29) is 0 Å². The van der Waals surface area contributed by atoms with Crippen molar-refractivity contribution < 1.29 is 4.74 Å². The highest BCUT2D eigenvalue weighted by atomic mass is 16.5. The highest BCUT2D eigenvalue weighted by Crippen LogP contribution is 1.87. The maximum Gasteiger partial charge on any atom is 0.0172 e. The zero-order valence-corrected chi connectivity index (χ0v) is 4.56. The van der Waals surface area contributed by atoms with Gasteiger partial charge < -0.3 is 4.74 Å². The Kier molecular flexibility index (Phi) is 3.14. The summed E-state index contributed by atoms with van der Waals surface area (Å²) in [6, 6.07) is 0. The fraction of sp³-hybridized carbons (Fsp3) is 0.800. The third-order valence-electron chi connectivity index (χ3n) is 0.408. The second kappa shape index (κ2) is 3.16. The number of ether oxygens (including phenoxy) is 1. The minimum absolute atomic E-state index is 0.343. The second-order valence-corrected chi connectivity index (χ2v) is 1.42. The fourth-order valence-corrected chi connectivity index (χ4v) is 0.272. The van der Waals surface area contributed by atoms with Gasteiger partial charge in [-0.2, -0.15) is 6.92 Å². The molecule has 0 aromatic rings. The maximum absolute atomic E-state index is 4.92. The van der Waals surface area contributed by atoms with Crippen LogP contribution in [0.2, 0.25) is 0 Å². The molecule has 0 bridgehead atoms. The van der Waals surface area contributed by atoms with E-state index in [0.717, 1.165) is 0 Å². The first-order valence-electron chi connectivity index (χ1n) is 2.20. The molecule has 0 saturated heterocycles. The predicted octanol–water partition coefficient (Wildman–Crippen LogP) is 1.59. The Morgan fingerprint density at radius 3 is 2.00 bits per heavy atom. The average molecular weight is 87.1 g/mol. The molecule has 38 valence electrons. The third-order valence-corrected chi connectivity index (χ3v) is 0.408. The first-order valence-corrected chi connectivity index (χ1v) is 2.20. The number of rotatable bonds is 2. The molecule has 0 aromatic heterocycles. The molecular formula is C5H11O-. The van der Waals surface area contributed by atoms with Crippen LogP contribution in [0.1, 0.15) is 20.8 Å². The van der Waals surface area contributed by atoms with Crippen molar-refractivity contribution in [3.63, 3.8) is 0 Å². The van der Waals surface area contributed by atoms with Gasteiger partial charge in [0.2, 0.25) is 0 Å². The minimum Gasteiger partial charge on any atom is -0.550 e. The van der Waals surface area contributed by atoms with Gasteiger partial charge in [-0.3, -0.25) is 0 Å². The molecule has 0 aliphatic carbocycles. The molecule has 0 atom stereocenters. The molecule has 0 aromatic carbocycles. The Labute approximate surface area is 39.3 Å². The van der Waals surface area contributed by atoms with Crippen molar-refractivity contribution in [2.24, 2.45) is 0 Å². The first-order chi connectivity index (χ1) is 2.77. The van der Waals surface area contributed by atoms with Gasteiger partial charge in [-0.25, -0.2) is 6.61 Å². The summed E-state index contributed by atoms with van der Waals surface area (Å²) in [7, 11) is 0. The lowest BCUT2D eigenvalue weighted by molar-refractivity contribution is 0.140. The fourth-order valence-electron chi connectivity index (χ4n) is 0.272. The van der Waals surface area contributed by atoms with E-state index in [1.807, 2.05) is 20.8 Å². The molecular weight excluding hydrogens is 76.1 g/mol. The summed E-state index contributed by atoms with van der Waals surface area (Å²) in [5.74, 6) is 0. The molecule has 0 spiro atoms. The van der Waals surface area contributed by atoms with Crippen LogP contribution in [0.5, 0.6) is 0 Å². The van der Waals surface area contributed by atoms with Crippen molar-refractivity contribution >= 4 is 0 Å². The van der Waals surface area contributed by atoms with Gasteiger partial charge in [0, 0.05) is 6.10 Å². The van der Waals surface area contributed by atoms with Crippen molar-refractivity contribution in [2.75, 3.05) is 0 Å². The van der Waals surface area contributed by atoms with E-state index in [9.17, 15) is 0 Å². The molecule has 0 saturated carbocycles. The van der Waals surface area contributed by atoms with Crippen LogP contribution in [0.3, 0.4) is 0 Å². The summed E-state index contributed by atoms with van der Waals surface area (Å²) >= 11 is 0. The molecule has 0 fully saturated rings. The lowest BCUT2D eigenvalue weighted by atomic mass is 10.5. The van der Waals surface area contributed by atoms with Gasteiger partial charge in [0.25, 0.3) is 0 Å². The Balaban J connectivity index is 2.63. The first kappa shape index (κ1) is 5.96. The topological polar surface area (TPSA) is 9.23 Å². The Bertz CT molecular complexity index is 25.1. The van der Waals surface area contributed by atoms with Gasteiger partial charge >= 0.3 is 0 Å². The largest absolute Gasteiger partial charge is 0.550 e. The van der Waals surface area contributed by atoms with Crippen LogP contribution in [-0.2, 0) is 4.74 Å². The molecule has 0 heterocycles. The van der Waals surface area contributed by atoms with Crippen LogP contribution >= 0.6 is 0 Å². The molecule has 0 amide bonds. The summed E-state index contributed by atoms with van der Waals surface area (Å²) in [5, 5.41) is 0. The van der Waals surface area contributed by atoms with Crippen LogP contribution in [0, 0.1) is 6.61 Å². The van der Waals surface area contributed by atoms with Crippen LogP contribution in [0.15, 0.2) is 0 Å². The van der Waals surface area contributed by atoms with Gasteiger partial charge in [-0.05, 0) is 13.8 Å². The summed E-state index contributed by atoms with van der Waals surface area (Å²) in [5.41, 5.74) is 0. The predicted molar refractivity (Wildman–Crippen MR) is 26.2 cm³/mol. The molecule has 1 nitrogen and oxygen atoms in total. The van der Waals surface area contributed by atoms with Crippen LogP contribution in [-0.4, -0.2) is 6.10 Å². The van der Waals surface area contributed by atoms with Crippen molar-refractivity contribution in [1.82, 2.24) is 0 Å². The van der Waals surface area contributed by atoms with Gasteiger partial charge in [0.05, 0.1) is 0 Å². The monoisotopic (exact) mass is 87.1 g/mol. The minimum atomic E-state index is 0.343. The molecule has 1 heteroatoms. The summed E-state index contributed by atoms with van der Waals surface area (Å²) in [4.78, 5) is 0. The molecule has 0 aliphatic rings. The molecule has 0 aliphatic heterocycles. The molecule has 0 N–H and O–H groups in total. The van der Waals surface area contributed by atoms with Crippen LogP contribution in [0.25, 0.3) is 0 Å². The quantitative estimate of drug-likeness (QED) is 0.465. The zero-order chi connectivity index (χ0) is 4.99. The molecule has 6 heavy (non-hydrogen) atoms. The van der Waals surface area contributed by atoms with E-state index in [0.29, 0.717) is 6.10 Å². The van der Waals surface area contributed by atoms with E-state index in [4.69, 9.17) is 4.74 Å². The highest BCUT2D eigenvalue weighted by Gasteiger charge is 1.75. The van der Waals surface area contributed by atoms with Crippen molar-refractivity contribution in [3.05, 3.63) is 6.61 Å². The third kappa shape index (κ3) is 3.96. The second-order valence-electron chi connectivity index (χ2n) is 1.42. The standard InChI is InChI=1S/C5H11O/c1-4-6-5(2)3/h4-5H,1-3H3/q-1. The average Bonchev–Trinajstić information content (AvgIpc) is 1.35. The summed E-state index contributed by atoms with van der Waals surface area (Å²) < 4.78 is 4.92. The maximum atomic E-state index is 4.92. The lowest BCUT2D eigenvalue weighted by Gasteiger charge is -2.12. The molecule has 0 radical (unpaired) electrons. The Morgan fingerprint density at radius 1 is 1.50 bits per heavy atom. The number of hydrogen-bond acceptors (Lipinski definition) is 1. The van der Waals surface area contributed by atoms with Crippen LogP contribution < -0.4 is 0 Å². The Morgan fingerprint density at radius 2 is 2.00 bits per heavy atom. The molecule has 0 unspecified atom stereocenters. The smallest absolute Gasteiger partial charge is 0.0172 e. The van der Waals surface area contributed by atoms with Gasteiger partial charge in [0.1, 0.15) is 0 Å². The van der Waals surface area contributed by atoms with E-state index < -0.39 is 0 Å². The van der Waals surface area contributed by atoms with E-state index in [2.05, 4.69) is 0 Å². The van der Waals surface area contributed by atoms with E-state index in [1.54, 1.807) is 6.61 Å². The SMILES string of the molecule is C[CH-]OC(C)C. The molecule has 0 rings (SSSR count). The van der Waals surface area contributed by atoms with Crippen LogP contribution in [0.4, 0.5) is 0 Å². The van der Waals surface area contributed by atoms with Crippen molar-refractivity contribution in [1.29, 1.82) is 0 Å². The van der Waals surface area contributed by atoms with E-state index in [1.165, 1.54) is 0 Å². The van der Waals surface area contributed by atoms with Crippen molar-refractivity contribution in [2.45, 2.75) is 26.9 Å². The van der Waals surface area contributed by atoms with Gasteiger partial charge in [-0.1, -0.05) is 0 Å². The zero-order valence-electron chi connectivity index (χ0n) is 4.56. The lowest BCUT2D eigenvalue weighted by Crippen LogP contribution is -1.96. The van der Waals surface area contributed by atoms with E-state index >= 15 is 0 Å². The number of hydrogen-bond donors (Lipinski definition) is 0. The van der Waals surface area contributed by atoms with Crippen molar-refractivity contribution in [3.8, 4) is 0 Å². The van der Waals surface area contributed by atoms with Gasteiger partial charge in [0.15, 0.2) is 0 Å². The highest BCUT2D eigenvalue weighted by molar-refractivity contribution is 4.39. The normalized spacial score (nSPS) is 10.0. The summed E-state index contributed by atoms with van der Waals surface area (Å²) in [6.07, 6.45) is 0.343. The summed E-state index contributed by atoms with van der Waals surface area (Å²) in [6.45, 7) is 7.57. The Hall–Kier alpha value is -0.0400. The van der Waals surface area contributed by atoms with Gasteiger partial charge in [-0.15, -0.1) is 0 Å².